The second kappa shape index (κ2) is 5.16. The highest BCUT2D eigenvalue weighted by molar-refractivity contribution is 7.89. The molecule has 1 aromatic carbocycles. The molecule has 0 amide bonds. The van der Waals surface area contributed by atoms with E-state index in [1.807, 2.05) is 0 Å². The largest absolute Gasteiger partial charge is 0.508 e. The second-order valence-corrected chi connectivity index (χ2v) is 6.21. The van der Waals surface area contributed by atoms with Crippen molar-refractivity contribution in [2.75, 3.05) is 20.2 Å². The van der Waals surface area contributed by atoms with Crippen molar-refractivity contribution in [1.82, 2.24) is 4.31 Å². The van der Waals surface area contributed by atoms with Crippen LogP contribution in [-0.4, -0.2) is 38.0 Å². The van der Waals surface area contributed by atoms with Crippen molar-refractivity contribution < 1.29 is 18.3 Å². The molecule has 0 aromatic heterocycles. The number of phenols is 1. The molecule has 2 rings (SSSR count). The van der Waals surface area contributed by atoms with Gasteiger partial charge in [-0.15, -0.1) is 0 Å². The van der Waals surface area contributed by atoms with E-state index < -0.39 is 10.0 Å². The summed E-state index contributed by atoms with van der Waals surface area (Å²) in [6.45, 7) is 1.06. The Morgan fingerprint density at radius 3 is 2.50 bits per heavy atom. The van der Waals surface area contributed by atoms with Crippen LogP contribution < -0.4 is 4.74 Å². The average molecular weight is 271 g/mol. The van der Waals surface area contributed by atoms with Crippen LogP contribution in [0.2, 0.25) is 0 Å². The Balaban J connectivity index is 2.42. The summed E-state index contributed by atoms with van der Waals surface area (Å²) in [5.41, 5.74) is 0. The Morgan fingerprint density at radius 1 is 1.22 bits per heavy atom. The lowest BCUT2D eigenvalue weighted by Gasteiger charge is -2.26. The number of nitrogens with zero attached hydrogens (tertiary/aromatic N) is 1. The molecule has 0 atom stereocenters. The minimum absolute atomic E-state index is 0.0342. The van der Waals surface area contributed by atoms with Gasteiger partial charge < -0.3 is 9.84 Å². The van der Waals surface area contributed by atoms with Gasteiger partial charge in [-0.25, -0.2) is 8.42 Å². The van der Waals surface area contributed by atoms with Crippen LogP contribution in [0.4, 0.5) is 0 Å². The molecule has 0 saturated carbocycles. The predicted molar refractivity (Wildman–Crippen MR) is 67.3 cm³/mol. The van der Waals surface area contributed by atoms with E-state index in [1.54, 1.807) is 0 Å². The molecule has 100 valence electrons. The molecule has 6 heteroatoms. The van der Waals surface area contributed by atoms with Gasteiger partial charge in [0.2, 0.25) is 10.0 Å². The quantitative estimate of drug-likeness (QED) is 0.906. The monoisotopic (exact) mass is 271 g/mol. The van der Waals surface area contributed by atoms with Crippen LogP contribution in [0, 0.1) is 0 Å². The fraction of sp³-hybridized carbons (Fsp3) is 0.500. The number of ether oxygens (including phenoxy) is 1. The first-order valence-electron chi connectivity index (χ1n) is 5.93. The fourth-order valence-corrected chi connectivity index (χ4v) is 3.80. The normalized spacial score (nSPS) is 17.6. The first kappa shape index (κ1) is 13.2. The van der Waals surface area contributed by atoms with Crippen LogP contribution in [-0.2, 0) is 10.0 Å². The Morgan fingerprint density at radius 2 is 1.89 bits per heavy atom. The van der Waals surface area contributed by atoms with Crippen molar-refractivity contribution in [1.29, 1.82) is 0 Å². The molecule has 0 radical (unpaired) electrons. The Bertz CT molecular complexity index is 521. The number of sulfonamides is 1. The molecule has 1 heterocycles. The number of aromatic hydroxyl groups is 1. The maximum absolute atomic E-state index is 12.5. The van der Waals surface area contributed by atoms with Gasteiger partial charge in [0.1, 0.15) is 16.4 Å². The van der Waals surface area contributed by atoms with Crippen LogP contribution in [0.1, 0.15) is 19.3 Å². The van der Waals surface area contributed by atoms with Crippen LogP contribution >= 0.6 is 0 Å². The van der Waals surface area contributed by atoms with Gasteiger partial charge in [0.25, 0.3) is 0 Å². The number of piperidine rings is 1. The summed E-state index contributed by atoms with van der Waals surface area (Å²) in [7, 11) is -2.16. The summed E-state index contributed by atoms with van der Waals surface area (Å²) < 4.78 is 31.4. The Labute approximate surface area is 107 Å². The van der Waals surface area contributed by atoms with Gasteiger partial charge in [-0.05, 0) is 25.0 Å². The van der Waals surface area contributed by atoms with Crippen molar-refractivity contribution in [3.05, 3.63) is 18.2 Å². The molecule has 5 nitrogen and oxygen atoms in total. The summed E-state index contributed by atoms with van der Waals surface area (Å²) in [4.78, 5) is 0.0342. The average Bonchev–Trinajstić information content (AvgIpc) is 2.39. The van der Waals surface area contributed by atoms with Crippen molar-refractivity contribution in [3.8, 4) is 11.5 Å². The van der Waals surface area contributed by atoms with E-state index in [0.717, 1.165) is 19.3 Å². The van der Waals surface area contributed by atoms with Crippen molar-refractivity contribution >= 4 is 10.0 Å². The number of methoxy groups -OCH3 is 1. The Hall–Kier alpha value is -1.27. The van der Waals surface area contributed by atoms with Crippen LogP contribution in [0.5, 0.6) is 11.5 Å². The molecule has 0 aliphatic carbocycles. The van der Waals surface area contributed by atoms with E-state index in [1.165, 1.54) is 29.6 Å². The zero-order chi connectivity index (χ0) is 13.2. The summed E-state index contributed by atoms with van der Waals surface area (Å²) >= 11 is 0. The number of rotatable bonds is 3. The zero-order valence-electron chi connectivity index (χ0n) is 10.3. The number of hydrogen-bond donors (Lipinski definition) is 1. The highest BCUT2D eigenvalue weighted by Crippen LogP contribution is 2.31. The van der Waals surface area contributed by atoms with E-state index in [2.05, 4.69) is 0 Å². The van der Waals surface area contributed by atoms with E-state index in [4.69, 9.17) is 4.74 Å². The molecular formula is C12H17NO4S. The van der Waals surface area contributed by atoms with Gasteiger partial charge in [-0.3, -0.25) is 0 Å². The molecule has 1 N–H and O–H groups in total. The molecule has 1 aromatic rings. The first-order valence-corrected chi connectivity index (χ1v) is 7.37. The minimum atomic E-state index is -3.58. The van der Waals surface area contributed by atoms with Crippen molar-refractivity contribution in [2.45, 2.75) is 24.2 Å². The van der Waals surface area contributed by atoms with Gasteiger partial charge in [0.15, 0.2) is 0 Å². The highest BCUT2D eigenvalue weighted by Gasteiger charge is 2.29. The van der Waals surface area contributed by atoms with Gasteiger partial charge in [0.05, 0.1) is 7.11 Å². The minimum Gasteiger partial charge on any atom is -0.508 e. The summed E-state index contributed by atoms with van der Waals surface area (Å²) in [5.74, 6) is 0.185. The van der Waals surface area contributed by atoms with Gasteiger partial charge >= 0.3 is 0 Å². The van der Waals surface area contributed by atoms with E-state index in [9.17, 15) is 13.5 Å². The molecule has 1 aliphatic heterocycles. The second-order valence-electron chi connectivity index (χ2n) is 4.30. The SMILES string of the molecule is COc1ccc(O)cc1S(=O)(=O)N1CCCCC1. The highest BCUT2D eigenvalue weighted by atomic mass is 32.2. The Kier molecular flexibility index (Phi) is 3.77. The lowest BCUT2D eigenvalue weighted by atomic mass is 10.2. The van der Waals surface area contributed by atoms with E-state index >= 15 is 0 Å². The number of phenolic OH excluding ortho intramolecular Hbond substituents is 1. The van der Waals surface area contributed by atoms with Crippen molar-refractivity contribution in [3.63, 3.8) is 0 Å². The van der Waals surface area contributed by atoms with Crippen LogP contribution in [0.15, 0.2) is 23.1 Å². The maximum atomic E-state index is 12.5. The zero-order valence-corrected chi connectivity index (χ0v) is 11.1. The third-order valence-corrected chi connectivity index (χ3v) is 5.00. The molecule has 0 spiro atoms. The van der Waals surface area contributed by atoms with E-state index in [0.29, 0.717) is 13.1 Å². The number of hydrogen-bond acceptors (Lipinski definition) is 4. The smallest absolute Gasteiger partial charge is 0.246 e. The number of benzene rings is 1. The molecule has 18 heavy (non-hydrogen) atoms. The van der Waals surface area contributed by atoms with E-state index in [-0.39, 0.29) is 16.4 Å². The van der Waals surface area contributed by atoms with Crippen LogP contribution in [0.3, 0.4) is 0 Å². The van der Waals surface area contributed by atoms with Gasteiger partial charge in [0, 0.05) is 19.2 Å². The summed E-state index contributed by atoms with van der Waals surface area (Å²) in [6, 6.07) is 4.11. The van der Waals surface area contributed by atoms with Gasteiger partial charge in [-0.1, -0.05) is 6.42 Å². The standard InChI is InChI=1S/C12H17NO4S/c1-17-11-6-5-10(14)9-12(11)18(15,16)13-7-3-2-4-8-13/h5-6,9,14H,2-4,7-8H2,1H3. The predicted octanol–water partition coefficient (Wildman–Crippen LogP) is 1.58. The maximum Gasteiger partial charge on any atom is 0.246 e. The summed E-state index contributed by atoms with van der Waals surface area (Å²) in [6.07, 6.45) is 2.81. The van der Waals surface area contributed by atoms with Crippen LogP contribution in [0.25, 0.3) is 0 Å². The third-order valence-electron chi connectivity index (χ3n) is 3.08. The third kappa shape index (κ3) is 2.44. The first-order chi connectivity index (χ1) is 8.55. The topological polar surface area (TPSA) is 66.8 Å². The molecule has 0 bridgehead atoms. The van der Waals surface area contributed by atoms with Gasteiger partial charge in [-0.2, -0.15) is 4.31 Å². The summed E-state index contributed by atoms with van der Waals surface area (Å²) in [5, 5.41) is 9.46. The molecule has 0 unspecified atom stereocenters. The molecule has 1 saturated heterocycles. The molecular weight excluding hydrogens is 254 g/mol. The lowest BCUT2D eigenvalue weighted by Crippen LogP contribution is -2.35. The molecule has 1 aliphatic rings. The fourth-order valence-electron chi connectivity index (χ4n) is 2.11. The lowest BCUT2D eigenvalue weighted by molar-refractivity contribution is 0.342. The molecule has 1 fully saturated rings. The van der Waals surface area contributed by atoms with Crippen molar-refractivity contribution in [2.24, 2.45) is 0 Å².